The normalized spacial score (nSPS) is 17.8. The average Bonchev–Trinajstić information content (AvgIpc) is 3.01. The van der Waals surface area contributed by atoms with Crippen molar-refractivity contribution in [3.05, 3.63) is 62.2 Å². The molecule has 0 atom stereocenters. The third-order valence-electron chi connectivity index (χ3n) is 7.79. The summed E-state index contributed by atoms with van der Waals surface area (Å²) in [5.41, 5.74) is 2.17. The number of piperidine rings is 1. The number of ether oxygens (including phenoxy) is 1. The number of rotatable bonds is 6. The number of piperazine rings is 1. The molecule has 0 saturated carbocycles. The van der Waals surface area contributed by atoms with E-state index in [0.29, 0.717) is 63.9 Å². The van der Waals surface area contributed by atoms with E-state index in [1.54, 1.807) is 24.3 Å². The maximum absolute atomic E-state index is 13.0. The maximum Gasteiger partial charge on any atom is 0.293 e. The van der Waals surface area contributed by atoms with Crippen molar-refractivity contribution in [2.75, 3.05) is 80.3 Å². The SMILES string of the molecule is O=C(NC(=S)N1CCN(c2ccc([N+](=O)[O-])c(N3CCOCC3)c2)CC1)c1ccc(N2CCCCC2)c([N+](=O)[O-])c1. The highest BCUT2D eigenvalue weighted by Gasteiger charge is 2.27. The zero-order chi connectivity index (χ0) is 28.9. The molecule has 2 aromatic rings. The van der Waals surface area contributed by atoms with Gasteiger partial charge in [-0.05, 0) is 55.7 Å². The zero-order valence-electron chi connectivity index (χ0n) is 22.7. The van der Waals surface area contributed by atoms with Crippen molar-refractivity contribution in [1.82, 2.24) is 10.2 Å². The Bertz CT molecular complexity index is 1320. The number of benzene rings is 2. The highest BCUT2D eigenvalue weighted by molar-refractivity contribution is 7.80. The molecule has 3 aliphatic heterocycles. The molecular weight excluding hydrogens is 550 g/mol. The molecule has 0 radical (unpaired) electrons. The molecule has 14 heteroatoms. The number of anilines is 3. The van der Waals surface area contributed by atoms with Gasteiger partial charge >= 0.3 is 0 Å². The molecule has 5 rings (SSSR count). The van der Waals surface area contributed by atoms with Gasteiger partial charge in [-0.3, -0.25) is 30.3 Å². The predicted molar refractivity (Wildman–Crippen MR) is 159 cm³/mol. The molecule has 218 valence electrons. The number of morpholine rings is 1. The van der Waals surface area contributed by atoms with Gasteiger partial charge in [0.2, 0.25) is 0 Å². The van der Waals surface area contributed by atoms with Gasteiger partial charge in [0.05, 0.1) is 23.1 Å². The van der Waals surface area contributed by atoms with Crippen molar-refractivity contribution in [3.8, 4) is 0 Å². The summed E-state index contributed by atoms with van der Waals surface area (Å²) in [4.78, 5) is 43.6. The number of carbonyl (C=O) groups is 1. The topological polar surface area (TPSA) is 138 Å². The minimum absolute atomic E-state index is 0.0716. The second-order valence-corrected chi connectivity index (χ2v) is 10.7. The maximum atomic E-state index is 13.0. The van der Waals surface area contributed by atoms with Crippen LogP contribution in [0, 0.1) is 20.2 Å². The van der Waals surface area contributed by atoms with Crippen molar-refractivity contribution in [2.45, 2.75) is 19.3 Å². The first-order valence-corrected chi connectivity index (χ1v) is 14.2. The summed E-state index contributed by atoms with van der Waals surface area (Å²) < 4.78 is 5.40. The van der Waals surface area contributed by atoms with Crippen molar-refractivity contribution < 1.29 is 19.4 Å². The van der Waals surface area contributed by atoms with Crippen LogP contribution < -0.4 is 20.0 Å². The van der Waals surface area contributed by atoms with E-state index in [0.717, 1.165) is 38.0 Å². The van der Waals surface area contributed by atoms with Gasteiger partial charge in [-0.2, -0.15) is 0 Å². The van der Waals surface area contributed by atoms with Crippen LogP contribution in [0.4, 0.5) is 28.4 Å². The lowest BCUT2D eigenvalue weighted by Gasteiger charge is -2.37. The molecule has 0 unspecified atom stereocenters. The van der Waals surface area contributed by atoms with Gasteiger partial charge < -0.3 is 24.3 Å². The van der Waals surface area contributed by atoms with Crippen molar-refractivity contribution >= 4 is 51.7 Å². The molecule has 0 aromatic heterocycles. The Labute approximate surface area is 242 Å². The number of carbonyl (C=O) groups excluding carboxylic acids is 1. The number of nitrogens with zero attached hydrogens (tertiary/aromatic N) is 6. The Morgan fingerprint density at radius 1 is 0.756 bits per heavy atom. The summed E-state index contributed by atoms with van der Waals surface area (Å²) in [6, 6.07) is 9.74. The van der Waals surface area contributed by atoms with Crippen LogP contribution in [0.3, 0.4) is 0 Å². The van der Waals surface area contributed by atoms with Crippen LogP contribution in [0.2, 0.25) is 0 Å². The fraction of sp³-hybridized carbons (Fsp3) is 0.481. The largest absolute Gasteiger partial charge is 0.378 e. The summed E-state index contributed by atoms with van der Waals surface area (Å²) in [5.74, 6) is -0.490. The fourth-order valence-electron chi connectivity index (χ4n) is 5.55. The molecule has 41 heavy (non-hydrogen) atoms. The second kappa shape index (κ2) is 12.6. The van der Waals surface area contributed by atoms with Crippen LogP contribution in [0.1, 0.15) is 29.6 Å². The number of hydrogen-bond donors (Lipinski definition) is 1. The third-order valence-corrected chi connectivity index (χ3v) is 8.15. The van der Waals surface area contributed by atoms with E-state index in [2.05, 4.69) is 10.2 Å². The highest BCUT2D eigenvalue weighted by atomic mass is 32.1. The molecule has 1 amide bonds. The van der Waals surface area contributed by atoms with Crippen molar-refractivity contribution in [3.63, 3.8) is 0 Å². The molecule has 0 aliphatic carbocycles. The summed E-state index contributed by atoms with van der Waals surface area (Å²) in [6.45, 7) is 6.05. The summed E-state index contributed by atoms with van der Waals surface area (Å²) in [5, 5.41) is 26.4. The van der Waals surface area contributed by atoms with Gasteiger partial charge in [0.15, 0.2) is 5.11 Å². The molecule has 3 heterocycles. The average molecular weight is 584 g/mol. The third kappa shape index (κ3) is 6.49. The van der Waals surface area contributed by atoms with Crippen LogP contribution in [-0.4, -0.2) is 91.3 Å². The summed E-state index contributed by atoms with van der Waals surface area (Å²) in [7, 11) is 0. The summed E-state index contributed by atoms with van der Waals surface area (Å²) >= 11 is 5.51. The summed E-state index contributed by atoms with van der Waals surface area (Å²) in [6.07, 6.45) is 3.08. The monoisotopic (exact) mass is 583 g/mol. The number of nitrogens with one attached hydrogen (secondary N) is 1. The Hall–Kier alpha value is -4.04. The van der Waals surface area contributed by atoms with Gasteiger partial charge in [-0.25, -0.2) is 0 Å². The van der Waals surface area contributed by atoms with Crippen molar-refractivity contribution in [1.29, 1.82) is 0 Å². The second-order valence-electron chi connectivity index (χ2n) is 10.3. The molecule has 3 saturated heterocycles. The lowest BCUT2D eigenvalue weighted by Crippen LogP contribution is -2.52. The minimum Gasteiger partial charge on any atom is -0.378 e. The Balaban J connectivity index is 1.21. The van der Waals surface area contributed by atoms with Crippen LogP contribution in [0.5, 0.6) is 0 Å². The number of amides is 1. The van der Waals surface area contributed by atoms with Gasteiger partial charge in [0.25, 0.3) is 17.3 Å². The van der Waals surface area contributed by atoms with Gasteiger partial charge in [-0.1, -0.05) is 0 Å². The Morgan fingerprint density at radius 3 is 2.07 bits per heavy atom. The standard InChI is InChI=1S/C27H33N7O6S/c35-26(20-4-6-22(25(18-20)34(38)39)30-8-2-1-3-9-30)28-27(41)32-12-10-29(11-13-32)21-5-7-23(33(36)37)24(19-21)31-14-16-40-17-15-31/h4-7,18-19H,1-3,8-17H2,(H,28,35,41). The Morgan fingerprint density at radius 2 is 1.41 bits per heavy atom. The fourth-order valence-corrected chi connectivity index (χ4v) is 5.82. The van der Waals surface area contributed by atoms with Crippen LogP contribution >= 0.6 is 12.2 Å². The molecule has 3 fully saturated rings. The smallest absolute Gasteiger partial charge is 0.293 e. The first-order chi connectivity index (χ1) is 19.8. The quantitative estimate of drug-likeness (QED) is 0.305. The molecule has 3 aliphatic rings. The van der Waals surface area contributed by atoms with E-state index >= 15 is 0 Å². The minimum atomic E-state index is -0.490. The van der Waals surface area contributed by atoms with Gasteiger partial charge in [0.1, 0.15) is 11.4 Å². The lowest BCUT2D eigenvalue weighted by atomic mass is 10.1. The first-order valence-electron chi connectivity index (χ1n) is 13.8. The molecule has 13 nitrogen and oxygen atoms in total. The van der Waals surface area contributed by atoms with Crippen LogP contribution in [0.15, 0.2) is 36.4 Å². The van der Waals surface area contributed by atoms with E-state index in [1.807, 2.05) is 20.8 Å². The van der Waals surface area contributed by atoms with Gasteiger partial charge in [-0.15, -0.1) is 0 Å². The molecule has 1 N–H and O–H groups in total. The number of thiocarbonyl (C=S) groups is 1. The lowest BCUT2D eigenvalue weighted by molar-refractivity contribution is -0.384. The molecule has 0 bridgehead atoms. The number of hydrogen-bond acceptors (Lipinski definition) is 10. The molecular formula is C27H33N7O6S. The molecule has 2 aromatic carbocycles. The van der Waals surface area contributed by atoms with E-state index in [4.69, 9.17) is 17.0 Å². The van der Waals surface area contributed by atoms with Gasteiger partial charge in [0, 0.05) is 75.7 Å². The number of nitro benzene ring substituents is 2. The van der Waals surface area contributed by atoms with Crippen molar-refractivity contribution in [2.24, 2.45) is 0 Å². The van der Waals surface area contributed by atoms with E-state index in [1.165, 1.54) is 6.07 Å². The van der Waals surface area contributed by atoms with E-state index in [9.17, 15) is 25.0 Å². The highest BCUT2D eigenvalue weighted by Crippen LogP contribution is 2.34. The predicted octanol–water partition coefficient (Wildman–Crippen LogP) is 3.17. The van der Waals surface area contributed by atoms with E-state index < -0.39 is 10.8 Å². The molecule has 0 spiro atoms. The Kier molecular flexibility index (Phi) is 8.78. The zero-order valence-corrected chi connectivity index (χ0v) is 23.5. The van der Waals surface area contributed by atoms with Crippen LogP contribution in [-0.2, 0) is 4.74 Å². The van der Waals surface area contributed by atoms with Crippen LogP contribution in [0.25, 0.3) is 0 Å². The first kappa shape index (κ1) is 28.5. The number of nitro groups is 2. The van der Waals surface area contributed by atoms with E-state index in [-0.39, 0.29) is 27.0 Å².